The number of carbonyl (C=O) groups is 1. The molecule has 0 radical (unpaired) electrons. The Kier molecular flexibility index (Phi) is 4.93. The number of aromatic amines is 1. The summed E-state index contributed by atoms with van der Waals surface area (Å²) < 4.78 is 5.51. The smallest absolute Gasteiger partial charge is 0.272 e. The van der Waals surface area contributed by atoms with Crippen LogP contribution in [0.2, 0.25) is 0 Å². The van der Waals surface area contributed by atoms with E-state index < -0.39 is 0 Å². The van der Waals surface area contributed by atoms with Gasteiger partial charge in [0.15, 0.2) is 11.5 Å². The van der Waals surface area contributed by atoms with Crippen molar-refractivity contribution >= 4 is 18.3 Å². The van der Waals surface area contributed by atoms with Crippen LogP contribution in [0.4, 0.5) is 0 Å². The summed E-state index contributed by atoms with van der Waals surface area (Å²) in [4.78, 5) is 12.3. The number of carbonyl (C=O) groups excluding carboxylic acids is 1. The Balaban J connectivity index is 0.00000176. The van der Waals surface area contributed by atoms with E-state index in [9.17, 15) is 4.79 Å². The van der Waals surface area contributed by atoms with E-state index in [0.717, 1.165) is 31.4 Å². The maximum atomic E-state index is 12.3. The molecule has 0 atom stereocenters. The number of aromatic nitrogens is 2. The molecular formula is C15H21ClN4O2. The van der Waals surface area contributed by atoms with Gasteiger partial charge >= 0.3 is 0 Å². The number of nitrogens with two attached hydrogens (primary N) is 1. The number of hydrogen-bond donors (Lipinski definition) is 3. The molecule has 2 heterocycles. The van der Waals surface area contributed by atoms with Gasteiger partial charge in [0.2, 0.25) is 0 Å². The lowest BCUT2D eigenvalue weighted by molar-refractivity contribution is 0.0898. The van der Waals surface area contributed by atoms with Gasteiger partial charge in [0.1, 0.15) is 11.5 Å². The normalized spacial score (nSPS) is 16.3. The van der Waals surface area contributed by atoms with E-state index in [1.54, 1.807) is 6.07 Å². The minimum Gasteiger partial charge on any atom is -0.460 e. The molecule has 22 heavy (non-hydrogen) atoms. The van der Waals surface area contributed by atoms with E-state index in [2.05, 4.69) is 15.5 Å². The Morgan fingerprint density at radius 2 is 2.18 bits per heavy atom. The predicted molar refractivity (Wildman–Crippen MR) is 86.0 cm³/mol. The molecular weight excluding hydrogens is 304 g/mol. The Bertz CT molecular complexity index is 644. The van der Waals surface area contributed by atoms with Crippen molar-refractivity contribution < 1.29 is 9.21 Å². The van der Waals surface area contributed by atoms with Crippen LogP contribution in [0.3, 0.4) is 0 Å². The lowest BCUT2D eigenvalue weighted by Crippen LogP contribution is -2.51. The number of furan rings is 1. The molecule has 0 spiro atoms. The minimum absolute atomic E-state index is 0. The van der Waals surface area contributed by atoms with Crippen molar-refractivity contribution in [2.75, 3.05) is 6.54 Å². The Morgan fingerprint density at radius 3 is 2.77 bits per heavy atom. The van der Waals surface area contributed by atoms with E-state index in [0.29, 0.717) is 23.7 Å². The van der Waals surface area contributed by atoms with Gasteiger partial charge in [-0.3, -0.25) is 9.89 Å². The van der Waals surface area contributed by atoms with Crippen LogP contribution in [0.1, 0.15) is 41.9 Å². The summed E-state index contributed by atoms with van der Waals surface area (Å²) in [5.41, 5.74) is 6.63. The summed E-state index contributed by atoms with van der Waals surface area (Å²) in [6.07, 6.45) is 4.08. The number of nitrogens with zero attached hydrogens (tertiary/aromatic N) is 1. The second-order valence-electron chi connectivity index (χ2n) is 5.72. The second kappa shape index (κ2) is 6.54. The first kappa shape index (κ1) is 16.6. The highest BCUT2D eigenvalue weighted by Gasteiger charge is 2.34. The maximum absolute atomic E-state index is 12.3. The monoisotopic (exact) mass is 324 g/mol. The van der Waals surface area contributed by atoms with Crippen LogP contribution in [0.25, 0.3) is 11.5 Å². The highest BCUT2D eigenvalue weighted by molar-refractivity contribution is 5.93. The summed E-state index contributed by atoms with van der Waals surface area (Å²) >= 11 is 0. The number of H-pyrrole nitrogens is 1. The fourth-order valence-corrected chi connectivity index (χ4v) is 2.88. The van der Waals surface area contributed by atoms with Gasteiger partial charge in [-0.05, 0) is 31.9 Å². The Hall–Kier alpha value is -1.79. The molecule has 2 aromatic heterocycles. The van der Waals surface area contributed by atoms with Gasteiger partial charge in [0.05, 0.1) is 5.54 Å². The molecule has 0 bridgehead atoms. The van der Waals surface area contributed by atoms with Crippen LogP contribution < -0.4 is 11.1 Å². The highest BCUT2D eigenvalue weighted by Crippen LogP contribution is 2.29. The molecule has 0 aliphatic heterocycles. The Labute approximate surface area is 135 Å². The number of rotatable bonds is 4. The van der Waals surface area contributed by atoms with Crippen molar-refractivity contribution in [3.05, 3.63) is 29.7 Å². The van der Waals surface area contributed by atoms with Crippen LogP contribution in [0.15, 0.2) is 22.6 Å². The minimum atomic E-state index is -0.266. The van der Waals surface area contributed by atoms with Gasteiger partial charge in [-0.25, -0.2) is 0 Å². The molecule has 1 aliphatic carbocycles. The van der Waals surface area contributed by atoms with Crippen molar-refractivity contribution in [2.45, 2.75) is 38.1 Å². The molecule has 0 aromatic carbocycles. The topological polar surface area (TPSA) is 96.9 Å². The van der Waals surface area contributed by atoms with Gasteiger partial charge in [0.25, 0.3) is 5.91 Å². The van der Waals surface area contributed by atoms with E-state index in [1.165, 1.54) is 0 Å². The fourth-order valence-electron chi connectivity index (χ4n) is 2.88. The third kappa shape index (κ3) is 3.18. The van der Waals surface area contributed by atoms with Gasteiger partial charge in [-0.2, -0.15) is 5.10 Å². The molecule has 0 unspecified atom stereocenters. The van der Waals surface area contributed by atoms with E-state index in [4.69, 9.17) is 10.2 Å². The second-order valence-corrected chi connectivity index (χ2v) is 5.72. The molecule has 1 fully saturated rings. The molecule has 1 amide bonds. The summed E-state index contributed by atoms with van der Waals surface area (Å²) in [6, 6.07) is 5.42. The number of aryl methyl sites for hydroxylation is 1. The third-order valence-electron chi connectivity index (χ3n) is 4.15. The van der Waals surface area contributed by atoms with Crippen molar-refractivity contribution in [1.29, 1.82) is 0 Å². The molecule has 4 N–H and O–H groups in total. The number of amides is 1. The van der Waals surface area contributed by atoms with Crippen molar-refractivity contribution in [1.82, 2.24) is 15.5 Å². The van der Waals surface area contributed by atoms with Gasteiger partial charge in [0, 0.05) is 12.6 Å². The van der Waals surface area contributed by atoms with E-state index in [1.807, 2.05) is 19.1 Å². The first-order chi connectivity index (χ1) is 10.1. The molecule has 7 heteroatoms. The van der Waals surface area contributed by atoms with Gasteiger partial charge in [-0.1, -0.05) is 12.8 Å². The van der Waals surface area contributed by atoms with Crippen LogP contribution in [0, 0.1) is 6.92 Å². The largest absolute Gasteiger partial charge is 0.460 e. The maximum Gasteiger partial charge on any atom is 0.272 e. The molecule has 120 valence electrons. The standard InChI is InChI=1S/C15H20N4O2.ClH/c1-10-4-5-13(21-10)11-8-12(19-18-11)14(20)17-15(9-16)6-2-3-7-15;/h4-5,8H,2-3,6-7,9,16H2,1H3,(H,17,20)(H,18,19);1H. The molecule has 1 saturated carbocycles. The highest BCUT2D eigenvalue weighted by atomic mass is 35.5. The first-order valence-corrected chi connectivity index (χ1v) is 7.27. The Morgan fingerprint density at radius 1 is 1.45 bits per heavy atom. The molecule has 1 aliphatic rings. The summed E-state index contributed by atoms with van der Waals surface area (Å²) in [5.74, 6) is 1.31. The van der Waals surface area contributed by atoms with Crippen molar-refractivity contribution in [3.8, 4) is 11.5 Å². The molecule has 3 rings (SSSR count). The number of nitrogens with one attached hydrogen (secondary N) is 2. The first-order valence-electron chi connectivity index (χ1n) is 7.27. The third-order valence-corrected chi connectivity index (χ3v) is 4.15. The molecule has 0 saturated heterocycles. The predicted octanol–water partition coefficient (Wildman–Crippen LogP) is 2.40. The zero-order chi connectivity index (χ0) is 14.9. The SMILES string of the molecule is Cc1ccc(-c2cc(C(=O)NC3(CN)CCCC3)n[nH]2)o1.Cl. The van der Waals surface area contributed by atoms with E-state index in [-0.39, 0.29) is 23.9 Å². The average molecular weight is 325 g/mol. The van der Waals surface area contributed by atoms with Crippen LogP contribution in [-0.2, 0) is 0 Å². The van der Waals surface area contributed by atoms with Crippen LogP contribution in [-0.4, -0.2) is 28.2 Å². The average Bonchev–Trinajstić information content (AvgIpc) is 3.18. The molecule has 6 nitrogen and oxygen atoms in total. The van der Waals surface area contributed by atoms with Crippen molar-refractivity contribution in [3.63, 3.8) is 0 Å². The number of halogens is 1. The molecule has 2 aromatic rings. The van der Waals surface area contributed by atoms with Crippen LogP contribution >= 0.6 is 12.4 Å². The van der Waals surface area contributed by atoms with Crippen LogP contribution in [0.5, 0.6) is 0 Å². The van der Waals surface area contributed by atoms with E-state index >= 15 is 0 Å². The summed E-state index contributed by atoms with van der Waals surface area (Å²) in [6.45, 7) is 2.34. The van der Waals surface area contributed by atoms with Gasteiger partial charge in [-0.15, -0.1) is 12.4 Å². The van der Waals surface area contributed by atoms with Crippen molar-refractivity contribution in [2.24, 2.45) is 5.73 Å². The zero-order valence-corrected chi connectivity index (χ0v) is 13.3. The lowest BCUT2D eigenvalue weighted by atomic mass is 9.97. The summed E-state index contributed by atoms with van der Waals surface area (Å²) in [5, 5.41) is 9.96. The van der Waals surface area contributed by atoms with Gasteiger partial charge < -0.3 is 15.5 Å². The quantitative estimate of drug-likeness (QED) is 0.804. The fraction of sp³-hybridized carbons (Fsp3) is 0.467. The zero-order valence-electron chi connectivity index (χ0n) is 12.5. The lowest BCUT2D eigenvalue weighted by Gasteiger charge is -2.28. The summed E-state index contributed by atoms with van der Waals surface area (Å²) in [7, 11) is 0. The number of hydrogen-bond acceptors (Lipinski definition) is 4.